The summed E-state index contributed by atoms with van der Waals surface area (Å²) in [6.45, 7) is 0. The first-order valence-electron chi connectivity index (χ1n) is 6.20. The van der Waals surface area contributed by atoms with Crippen LogP contribution in [0.25, 0.3) is 11.0 Å². The molecule has 0 amide bonds. The molecule has 0 unspecified atom stereocenters. The Morgan fingerprint density at radius 3 is 2.67 bits per heavy atom. The number of hydrogen-bond donors (Lipinski definition) is 0. The fourth-order valence-electron chi connectivity index (χ4n) is 2.11. The number of carbonyl (C=O) groups excluding carboxylic acids is 1. The molecule has 0 aliphatic heterocycles. The van der Waals surface area contributed by atoms with Crippen LogP contribution in [0.1, 0.15) is 16.1 Å². The SMILES string of the molecule is O=C(Cc1cccc(F)c1F)c1cc2cccc(Br)c2o1. The molecular formula is C16H9BrF2O2. The molecule has 0 N–H and O–H groups in total. The highest BCUT2D eigenvalue weighted by atomic mass is 79.9. The second kappa shape index (κ2) is 5.41. The number of fused-ring (bicyclic) bond motifs is 1. The van der Waals surface area contributed by atoms with Crippen molar-refractivity contribution in [1.29, 1.82) is 0 Å². The molecule has 0 radical (unpaired) electrons. The number of furan rings is 1. The van der Waals surface area contributed by atoms with E-state index in [1.807, 2.05) is 12.1 Å². The maximum atomic E-state index is 13.6. The molecule has 0 spiro atoms. The smallest absolute Gasteiger partial charge is 0.202 e. The van der Waals surface area contributed by atoms with E-state index in [1.165, 1.54) is 12.1 Å². The lowest BCUT2D eigenvalue weighted by molar-refractivity contribution is 0.0967. The molecule has 1 heterocycles. The Morgan fingerprint density at radius 1 is 1.14 bits per heavy atom. The van der Waals surface area contributed by atoms with Gasteiger partial charge in [-0.15, -0.1) is 0 Å². The van der Waals surface area contributed by atoms with Gasteiger partial charge < -0.3 is 4.42 Å². The molecule has 1 aromatic heterocycles. The van der Waals surface area contributed by atoms with Gasteiger partial charge in [-0.3, -0.25) is 4.79 Å². The number of carbonyl (C=O) groups is 1. The minimum atomic E-state index is -0.997. The monoisotopic (exact) mass is 350 g/mol. The lowest BCUT2D eigenvalue weighted by atomic mass is 10.1. The lowest BCUT2D eigenvalue weighted by Crippen LogP contribution is -2.05. The number of para-hydroxylation sites is 1. The van der Waals surface area contributed by atoms with Gasteiger partial charge in [-0.1, -0.05) is 24.3 Å². The highest BCUT2D eigenvalue weighted by Gasteiger charge is 2.17. The molecule has 21 heavy (non-hydrogen) atoms. The molecule has 0 saturated heterocycles. The van der Waals surface area contributed by atoms with Crippen molar-refractivity contribution in [3.63, 3.8) is 0 Å². The van der Waals surface area contributed by atoms with Gasteiger partial charge in [0.2, 0.25) is 5.78 Å². The quantitative estimate of drug-likeness (QED) is 0.629. The summed E-state index contributed by atoms with van der Waals surface area (Å²) in [6, 6.07) is 10.8. The topological polar surface area (TPSA) is 30.2 Å². The van der Waals surface area contributed by atoms with E-state index in [2.05, 4.69) is 15.9 Å². The third kappa shape index (κ3) is 2.61. The van der Waals surface area contributed by atoms with Crippen molar-refractivity contribution in [2.45, 2.75) is 6.42 Å². The van der Waals surface area contributed by atoms with Crippen molar-refractivity contribution < 1.29 is 18.0 Å². The molecule has 0 bridgehead atoms. The first-order chi connectivity index (χ1) is 10.1. The summed E-state index contributed by atoms with van der Waals surface area (Å²) in [4.78, 5) is 12.2. The predicted octanol–water partition coefficient (Wildman–Crippen LogP) is 4.90. The van der Waals surface area contributed by atoms with Gasteiger partial charge in [0.1, 0.15) is 5.58 Å². The summed E-state index contributed by atoms with van der Waals surface area (Å²) in [7, 11) is 0. The summed E-state index contributed by atoms with van der Waals surface area (Å²) in [5.41, 5.74) is 0.570. The van der Waals surface area contributed by atoms with Gasteiger partial charge in [0.05, 0.1) is 4.47 Å². The third-order valence-corrected chi connectivity index (χ3v) is 3.78. The predicted molar refractivity (Wildman–Crippen MR) is 78.3 cm³/mol. The zero-order valence-electron chi connectivity index (χ0n) is 10.7. The van der Waals surface area contributed by atoms with Gasteiger partial charge in [0.15, 0.2) is 17.4 Å². The fourth-order valence-corrected chi connectivity index (χ4v) is 2.57. The number of benzene rings is 2. The summed E-state index contributed by atoms with van der Waals surface area (Å²) in [6.07, 6.45) is -0.249. The Balaban J connectivity index is 1.94. The molecule has 3 rings (SSSR count). The summed E-state index contributed by atoms with van der Waals surface area (Å²) in [5, 5.41) is 0.771. The van der Waals surface area contributed by atoms with E-state index in [1.54, 1.807) is 12.1 Å². The zero-order valence-corrected chi connectivity index (χ0v) is 12.3. The van der Waals surface area contributed by atoms with Crippen molar-refractivity contribution in [3.8, 4) is 0 Å². The molecule has 2 aromatic carbocycles. The van der Waals surface area contributed by atoms with Crippen LogP contribution >= 0.6 is 15.9 Å². The molecular weight excluding hydrogens is 342 g/mol. The first kappa shape index (κ1) is 13.9. The van der Waals surface area contributed by atoms with Crippen LogP contribution in [0.4, 0.5) is 8.78 Å². The van der Waals surface area contributed by atoms with E-state index in [9.17, 15) is 13.6 Å². The number of rotatable bonds is 3. The Kier molecular flexibility index (Phi) is 3.59. The van der Waals surface area contributed by atoms with Crippen molar-refractivity contribution in [1.82, 2.24) is 0 Å². The minimum Gasteiger partial charge on any atom is -0.452 e. The van der Waals surface area contributed by atoms with Gasteiger partial charge in [-0.05, 0) is 39.7 Å². The van der Waals surface area contributed by atoms with Gasteiger partial charge in [0, 0.05) is 11.8 Å². The van der Waals surface area contributed by atoms with Crippen LogP contribution in [0.2, 0.25) is 0 Å². The van der Waals surface area contributed by atoms with Gasteiger partial charge in [-0.2, -0.15) is 0 Å². The Morgan fingerprint density at radius 2 is 1.90 bits per heavy atom. The van der Waals surface area contributed by atoms with Crippen LogP contribution in [0.3, 0.4) is 0 Å². The molecule has 0 atom stereocenters. The van der Waals surface area contributed by atoms with Crippen molar-refractivity contribution in [2.75, 3.05) is 0 Å². The van der Waals surface area contributed by atoms with Crippen molar-refractivity contribution in [3.05, 3.63) is 69.9 Å². The second-order valence-corrected chi connectivity index (χ2v) is 5.44. The average Bonchev–Trinajstić information content (AvgIpc) is 2.89. The molecule has 0 aliphatic rings. The van der Waals surface area contributed by atoms with E-state index in [0.29, 0.717) is 5.58 Å². The maximum Gasteiger partial charge on any atom is 0.202 e. The summed E-state index contributed by atoms with van der Waals surface area (Å²) in [5.74, 6) is -2.24. The minimum absolute atomic E-state index is 0.0134. The summed E-state index contributed by atoms with van der Waals surface area (Å²) >= 11 is 3.33. The molecule has 0 aliphatic carbocycles. The Labute approximate surface area is 127 Å². The standard InChI is InChI=1S/C16H9BrF2O2/c17-11-5-1-4-10-8-14(21-16(10)11)13(20)7-9-3-2-6-12(18)15(9)19/h1-6,8H,7H2. The first-order valence-corrected chi connectivity index (χ1v) is 6.99. The maximum absolute atomic E-state index is 13.6. The number of ketones is 1. The largest absolute Gasteiger partial charge is 0.452 e. The summed E-state index contributed by atoms with van der Waals surface area (Å²) < 4.78 is 32.9. The van der Waals surface area contributed by atoms with Crippen LogP contribution in [0.5, 0.6) is 0 Å². The Bertz CT molecular complexity index is 839. The van der Waals surface area contributed by atoms with Crippen LogP contribution in [-0.2, 0) is 6.42 Å². The van der Waals surface area contributed by atoms with Crippen LogP contribution < -0.4 is 0 Å². The van der Waals surface area contributed by atoms with E-state index < -0.39 is 17.4 Å². The normalized spacial score (nSPS) is 11.0. The lowest BCUT2D eigenvalue weighted by Gasteiger charge is -2.01. The highest BCUT2D eigenvalue weighted by molar-refractivity contribution is 9.10. The molecule has 3 aromatic rings. The van der Waals surface area contributed by atoms with Crippen LogP contribution in [0.15, 0.2) is 51.4 Å². The van der Waals surface area contributed by atoms with Crippen LogP contribution in [0, 0.1) is 11.6 Å². The van der Waals surface area contributed by atoms with Crippen molar-refractivity contribution in [2.24, 2.45) is 0 Å². The molecule has 5 heteroatoms. The van der Waals surface area contributed by atoms with E-state index >= 15 is 0 Å². The highest BCUT2D eigenvalue weighted by Crippen LogP contribution is 2.27. The second-order valence-electron chi connectivity index (χ2n) is 4.58. The van der Waals surface area contributed by atoms with Gasteiger partial charge in [0.25, 0.3) is 0 Å². The molecule has 0 fully saturated rings. The number of halogens is 3. The van der Waals surface area contributed by atoms with E-state index in [0.717, 1.165) is 15.9 Å². The Hall–Kier alpha value is -2.01. The number of hydrogen-bond acceptors (Lipinski definition) is 2. The van der Waals surface area contributed by atoms with Crippen LogP contribution in [-0.4, -0.2) is 5.78 Å². The average molecular weight is 351 g/mol. The third-order valence-electron chi connectivity index (χ3n) is 3.15. The van der Waals surface area contributed by atoms with Gasteiger partial charge >= 0.3 is 0 Å². The number of Topliss-reactive ketones (excluding diaryl/α,β-unsaturated/α-hetero) is 1. The van der Waals surface area contributed by atoms with E-state index in [-0.39, 0.29) is 17.7 Å². The fraction of sp³-hybridized carbons (Fsp3) is 0.0625. The van der Waals surface area contributed by atoms with Gasteiger partial charge in [-0.25, -0.2) is 8.78 Å². The molecule has 2 nitrogen and oxygen atoms in total. The molecule has 0 saturated carbocycles. The van der Waals surface area contributed by atoms with Crippen molar-refractivity contribution >= 4 is 32.7 Å². The van der Waals surface area contributed by atoms with E-state index in [4.69, 9.17) is 4.42 Å². The molecule has 106 valence electrons. The zero-order chi connectivity index (χ0) is 15.0.